The van der Waals surface area contributed by atoms with Gasteiger partial charge in [-0.05, 0) is 49.2 Å². The van der Waals surface area contributed by atoms with Crippen molar-refractivity contribution in [2.24, 2.45) is 5.92 Å². The summed E-state index contributed by atoms with van der Waals surface area (Å²) in [5, 5.41) is 10.9. The zero-order valence-electron chi connectivity index (χ0n) is 17.2. The van der Waals surface area contributed by atoms with Crippen molar-refractivity contribution in [2.75, 3.05) is 25.5 Å². The van der Waals surface area contributed by atoms with Crippen LogP contribution in [0.1, 0.15) is 12.8 Å². The number of ether oxygens (including phenoxy) is 1. The van der Waals surface area contributed by atoms with Crippen molar-refractivity contribution in [3.63, 3.8) is 0 Å². The molecule has 1 aliphatic heterocycles. The number of benzene rings is 2. The third-order valence-corrected chi connectivity index (χ3v) is 7.33. The van der Waals surface area contributed by atoms with E-state index in [1.807, 2.05) is 6.07 Å². The summed E-state index contributed by atoms with van der Waals surface area (Å²) in [5.74, 6) is -0.165. The molecule has 4 rings (SSSR count). The number of para-hydroxylation sites is 1. The van der Waals surface area contributed by atoms with Crippen LogP contribution in [0.3, 0.4) is 0 Å². The minimum atomic E-state index is -3.73. The van der Waals surface area contributed by atoms with Gasteiger partial charge in [0.15, 0.2) is 0 Å². The molecule has 1 fully saturated rings. The summed E-state index contributed by atoms with van der Waals surface area (Å²) in [5.41, 5.74) is 0.598. The fourth-order valence-corrected chi connectivity index (χ4v) is 5.19. The number of nitrogens with one attached hydrogen (secondary N) is 1. The summed E-state index contributed by atoms with van der Waals surface area (Å²) in [4.78, 5) is 12.9. The summed E-state index contributed by atoms with van der Waals surface area (Å²) in [7, 11) is -2.20. The molecule has 1 aliphatic rings. The number of halogens is 1. The van der Waals surface area contributed by atoms with Crippen molar-refractivity contribution < 1.29 is 22.4 Å². The molecule has 1 aromatic heterocycles. The van der Waals surface area contributed by atoms with Crippen LogP contribution in [0, 0.1) is 5.92 Å². The maximum Gasteiger partial charge on any atom is 0.322 e. The lowest BCUT2D eigenvalue weighted by Gasteiger charge is -2.30. The number of carbonyl (C=O) groups excluding carboxylic acids is 1. The van der Waals surface area contributed by atoms with Gasteiger partial charge in [0, 0.05) is 18.1 Å². The number of hydrogen-bond acceptors (Lipinski definition) is 7. The zero-order chi connectivity index (χ0) is 22.7. The number of sulfonamides is 1. The summed E-state index contributed by atoms with van der Waals surface area (Å²) in [6, 6.07) is 13.0. The Kier molecular flexibility index (Phi) is 6.45. The molecule has 3 aromatic rings. The molecule has 0 radical (unpaired) electrons. The molecule has 2 heterocycles. The number of anilines is 1. The third-order valence-electron chi connectivity index (χ3n) is 5.20. The Balaban J connectivity index is 1.45. The number of aromatic nitrogens is 2. The van der Waals surface area contributed by atoms with Crippen molar-refractivity contribution in [3.05, 3.63) is 53.6 Å². The van der Waals surface area contributed by atoms with Crippen molar-refractivity contribution in [2.45, 2.75) is 17.7 Å². The second-order valence-corrected chi connectivity index (χ2v) is 9.63. The van der Waals surface area contributed by atoms with Gasteiger partial charge < -0.3 is 9.15 Å². The molecule has 2 aromatic carbocycles. The second-order valence-electron chi connectivity index (χ2n) is 7.26. The van der Waals surface area contributed by atoms with Crippen molar-refractivity contribution in [1.82, 2.24) is 14.5 Å². The molecular weight excluding hydrogens is 456 g/mol. The normalized spacial score (nSPS) is 17.1. The van der Waals surface area contributed by atoms with E-state index in [0.29, 0.717) is 35.7 Å². The molecule has 1 N–H and O–H groups in total. The van der Waals surface area contributed by atoms with Gasteiger partial charge in [0.2, 0.25) is 15.9 Å². The molecule has 1 atom stereocenters. The average Bonchev–Trinajstić information content (AvgIpc) is 3.27. The second kappa shape index (κ2) is 9.27. The molecule has 32 heavy (non-hydrogen) atoms. The summed E-state index contributed by atoms with van der Waals surface area (Å²) in [6.07, 6.45) is 1.10. The number of nitrogens with zero attached hydrogens (tertiary/aromatic N) is 3. The fourth-order valence-electron chi connectivity index (χ4n) is 3.54. The minimum absolute atomic E-state index is 0.0598. The van der Waals surface area contributed by atoms with Gasteiger partial charge in [0.1, 0.15) is 5.75 Å². The largest absolute Gasteiger partial charge is 0.496 e. The van der Waals surface area contributed by atoms with E-state index >= 15 is 0 Å². The molecule has 168 valence electrons. The first-order chi connectivity index (χ1) is 15.4. The highest BCUT2D eigenvalue weighted by Gasteiger charge is 2.34. The van der Waals surface area contributed by atoms with Crippen LogP contribution in [-0.2, 0) is 14.8 Å². The van der Waals surface area contributed by atoms with E-state index in [-0.39, 0.29) is 29.3 Å². The van der Waals surface area contributed by atoms with E-state index in [1.165, 1.54) is 35.7 Å². The molecular formula is C21H21ClN4O5S. The quantitative estimate of drug-likeness (QED) is 0.579. The van der Waals surface area contributed by atoms with E-state index in [2.05, 4.69) is 15.5 Å². The number of hydrogen-bond donors (Lipinski definition) is 1. The molecule has 1 unspecified atom stereocenters. The van der Waals surface area contributed by atoms with Crippen LogP contribution in [0.4, 0.5) is 6.01 Å². The number of amides is 1. The van der Waals surface area contributed by atoms with Crippen LogP contribution < -0.4 is 10.1 Å². The van der Waals surface area contributed by atoms with Crippen LogP contribution in [0.2, 0.25) is 5.02 Å². The first-order valence-electron chi connectivity index (χ1n) is 9.92. The van der Waals surface area contributed by atoms with Gasteiger partial charge >= 0.3 is 6.01 Å². The average molecular weight is 477 g/mol. The highest BCUT2D eigenvalue weighted by Crippen LogP contribution is 2.30. The van der Waals surface area contributed by atoms with E-state index in [1.54, 1.807) is 18.2 Å². The lowest BCUT2D eigenvalue weighted by Crippen LogP contribution is -2.43. The molecule has 11 heteroatoms. The van der Waals surface area contributed by atoms with Gasteiger partial charge in [-0.15, -0.1) is 5.10 Å². The van der Waals surface area contributed by atoms with Gasteiger partial charge in [-0.25, -0.2) is 8.42 Å². The van der Waals surface area contributed by atoms with Crippen LogP contribution in [0.5, 0.6) is 5.75 Å². The highest BCUT2D eigenvalue weighted by molar-refractivity contribution is 7.89. The van der Waals surface area contributed by atoms with Crippen LogP contribution in [0.15, 0.2) is 57.8 Å². The van der Waals surface area contributed by atoms with Gasteiger partial charge in [-0.2, -0.15) is 4.31 Å². The predicted molar refractivity (Wildman–Crippen MR) is 118 cm³/mol. The Hall–Kier alpha value is -2.95. The molecule has 0 aliphatic carbocycles. The predicted octanol–water partition coefficient (Wildman–Crippen LogP) is 3.44. The summed E-state index contributed by atoms with van der Waals surface area (Å²) >= 11 is 5.86. The maximum absolute atomic E-state index is 12.9. The molecule has 1 saturated heterocycles. The molecule has 1 amide bonds. The van der Waals surface area contributed by atoms with Gasteiger partial charge in [-0.3, -0.25) is 10.1 Å². The lowest BCUT2D eigenvalue weighted by atomic mass is 9.99. The first kappa shape index (κ1) is 22.3. The highest BCUT2D eigenvalue weighted by atomic mass is 35.5. The Bertz CT molecular complexity index is 1210. The van der Waals surface area contributed by atoms with Crippen LogP contribution in [-0.4, -0.2) is 49.0 Å². The molecule has 0 bridgehead atoms. The Morgan fingerprint density at radius 3 is 2.69 bits per heavy atom. The van der Waals surface area contributed by atoms with E-state index in [0.717, 1.165) is 0 Å². The van der Waals surface area contributed by atoms with Crippen LogP contribution >= 0.6 is 11.6 Å². The first-order valence-corrected chi connectivity index (χ1v) is 11.7. The topological polar surface area (TPSA) is 115 Å². The number of methoxy groups -OCH3 is 1. The Morgan fingerprint density at radius 1 is 1.19 bits per heavy atom. The summed E-state index contributed by atoms with van der Waals surface area (Å²) < 4.78 is 38.1. The minimum Gasteiger partial charge on any atom is -0.496 e. The fraction of sp³-hybridized carbons (Fsp3) is 0.286. The molecule has 0 spiro atoms. The molecule has 9 nitrogen and oxygen atoms in total. The molecule has 0 saturated carbocycles. The number of carbonyl (C=O) groups is 1. The van der Waals surface area contributed by atoms with E-state index < -0.39 is 15.9 Å². The van der Waals surface area contributed by atoms with Crippen molar-refractivity contribution >= 4 is 33.5 Å². The zero-order valence-corrected chi connectivity index (χ0v) is 18.8. The van der Waals surface area contributed by atoms with E-state index in [9.17, 15) is 13.2 Å². The van der Waals surface area contributed by atoms with Gasteiger partial charge in [-0.1, -0.05) is 28.8 Å². The standard InChI is InChI=1S/C21H21ClN4O5S/c1-30-18-7-3-2-6-17(18)20-24-25-21(31-20)23-19(27)14-5-4-12-26(13-14)32(28,29)16-10-8-15(22)9-11-16/h2-3,6-11,14H,4-5,12-13H2,1H3,(H,23,25,27). The van der Waals surface area contributed by atoms with Gasteiger partial charge in [0.05, 0.1) is 23.5 Å². The monoisotopic (exact) mass is 476 g/mol. The third kappa shape index (κ3) is 4.62. The summed E-state index contributed by atoms with van der Waals surface area (Å²) in [6.45, 7) is 0.400. The van der Waals surface area contributed by atoms with E-state index in [4.69, 9.17) is 20.8 Å². The Morgan fingerprint density at radius 2 is 1.94 bits per heavy atom. The number of rotatable bonds is 6. The maximum atomic E-state index is 12.9. The van der Waals surface area contributed by atoms with Crippen LogP contribution in [0.25, 0.3) is 11.5 Å². The van der Waals surface area contributed by atoms with Crippen molar-refractivity contribution in [3.8, 4) is 17.2 Å². The SMILES string of the molecule is COc1ccccc1-c1nnc(NC(=O)C2CCCN(S(=O)(=O)c3ccc(Cl)cc3)C2)o1. The van der Waals surface area contributed by atoms with Crippen molar-refractivity contribution in [1.29, 1.82) is 0 Å². The smallest absolute Gasteiger partial charge is 0.322 e. The van der Waals surface area contributed by atoms with Gasteiger partial charge in [0.25, 0.3) is 5.89 Å². The number of piperidine rings is 1. The Labute approximate surface area is 190 Å². The lowest BCUT2D eigenvalue weighted by molar-refractivity contribution is -0.121.